The van der Waals surface area contributed by atoms with Crippen molar-refractivity contribution < 1.29 is 8.42 Å². The lowest BCUT2D eigenvalue weighted by Crippen LogP contribution is -2.32. The predicted molar refractivity (Wildman–Crippen MR) is 62.7 cm³/mol. The second kappa shape index (κ2) is 5.45. The molecule has 0 aliphatic heterocycles. The fourth-order valence-corrected chi connectivity index (χ4v) is 2.90. The Morgan fingerprint density at radius 1 is 1.44 bits per heavy atom. The van der Waals surface area contributed by atoms with Crippen LogP contribution in [0.25, 0.3) is 0 Å². The van der Waals surface area contributed by atoms with Crippen LogP contribution >= 0.6 is 0 Å². The largest absolute Gasteiger partial charge is 0.332 e. The summed E-state index contributed by atoms with van der Waals surface area (Å²) in [5.74, 6) is 0.616. The molecule has 6 heteroatoms. The maximum atomic E-state index is 12.1. The normalized spacial score (nSPS) is 12.2. The molecule has 0 spiro atoms. The molecule has 1 aromatic rings. The van der Waals surface area contributed by atoms with Crippen LogP contribution in [0.1, 0.15) is 32.5 Å². The summed E-state index contributed by atoms with van der Waals surface area (Å²) in [7, 11) is -3.39. The van der Waals surface area contributed by atoms with Gasteiger partial charge in [-0.1, -0.05) is 20.3 Å². The molecule has 1 aromatic heterocycles. The van der Waals surface area contributed by atoms with Gasteiger partial charge in [0.15, 0.2) is 5.03 Å². The maximum Gasteiger partial charge on any atom is 0.260 e. The summed E-state index contributed by atoms with van der Waals surface area (Å²) in [6.45, 7) is 6.67. The number of aromatic nitrogens is 2. The number of unbranched alkanes of at least 4 members (excludes halogenated alkanes) is 1. The molecule has 92 valence electrons. The average molecular weight is 245 g/mol. The van der Waals surface area contributed by atoms with Crippen molar-refractivity contribution in [1.82, 2.24) is 14.3 Å². The van der Waals surface area contributed by atoms with E-state index in [1.807, 2.05) is 13.8 Å². The maximum absolute atomic E-state index is 12.1. The SMILES string of the molecule is CCCCN(CC)S(=O)(=O)c1cnc(C)[nH]1. The summed E-state index contributed by atoms with van der Waals surface area (Å²) >= 11 is 0. The second-order valence-corrected chi connectivity index (χ2v) is 5.59. The van der Waals surface area contributed by atoms with Crippen molar-refractivity contribution in [2.75, 3.05) is 13.1 Å². The molecular weight excluding hydrogens is 226 g/mol. The van der Waals surface area contributed by atoms with Gasteiger partial charge in [-0.2, -0.15) is 4.31 Å². The first-order valence-electron chi connectivity index (χ1n) is 5.54. The third-order valence-corrected chi connectivity index (χ3v) is 4.30. The molecule has 0 fully saturated rings. The predicted octanol–water partition coefficient (Wildman–Crippen LogP) is 1.53. The van der Waals surface area contributed by atoms with Gasteiger partial charge in [0.2, 0.25) is 0 Å². The number of sulfonamides is 1. The summed E-state index contributed by atoms with van der Waals surface area (Å²) in [6.07, 6.45) is 3.23. The highest BCUT2D eigenvalue weighted by molar-refractivity contribution is 7.89. The highest BCUT2D eigenvalue weighted by Gasteiger charge is 2.24. The van der Waals surface area contributed by atoms with Gasteiger partial charge in [0.25, 0.3) is 10.0 Å². The van der Waals surface area contributed by atoms with Gasteiger partial charge in [-0.3, -0.25) is 0 Å². The Labute approximate surface area is 96.9 Å². The third kappa shape index (κ3) is 2.82. The van der Waals surface area contributed by atoms with E-state index in [0.717, 1.165) is 12.8 Å². The molecule has 0 unspecified atom stereocenters. The van der Waals surface area contributed by atoms with E-state index in [4.69, 9.17) is 0 Å². The van der Waals surface area contributed by atoms with Crippen molar-refractivity contribution >= 4 is 10.0 Å². The fraction of sp³-hybridized carbons (Fsp3) is 0.700. The molecule has 0 radical (unpaired) electrons. The molecule has 0 aromatic carbocycles. The minimum absolute atomic E-state index is 0.183. The van der Waals surface area contributed by atoms with Crippen molar-refractivity contribution in [3.8, 4) is 0 Å². The smallest absolute Gasteiger partial charge is 0.260 e. The van der Waals surface area contributed by atoms with E-state index in [2.05, 4.69) is 9.97 Å². The first-order valence-corrected chi connectivity index (χ1v) is 6.98. The summed E-state index contributed by atoms with van der Waals surface area (Å²) in [5.41, 5.74) is 0. The molecule has 0 aliphatic rings. The number of aromatic amines is 1. The topological polar surface area (TPSA) is 66.1 Å². The number of imidazole rings is 1. The number of hydrogen-bond donors (Lipinski definition) is 1. The van der Waals surface area contributed by atoms with Crippen molar-refractivity contribution in [1.29, 1.82) is 0 Å². The van der Waals surface area contributed by atoms with Gasteiger partial charge in [0.1, 0.15) is 5.82 Å². The zero-order valence-electron chi connectivity index (χ0n) is 10.0. The van der Waals surface area contributed by atoms with Gasteiger partial charge in [-0.25, -0.2) is 13.4 Å². The summed E-state index contributed by atoms with van der Waals surface area (Å²) in [6, 6.07) is 0. The van der Waals surface area contributed by atoms with Gasteiger partial charge in [-0.05, 0) is 13.3 Å². The lowest BCUT2D eigenvalue weighted by molar-refractivity contribution is 0.417. The van der Waals surface area contributed by atoms with Gasteiger partial charge in [0.05, 0.1) is 6.20 Å². The Kier molecular flexibility index (Phi) is 4.49. The fourth-order valence-electron chi connectivity index (χ4n) is 1.45. The van der Waals surface area contributed by atoms with E-state index in [9.17, 15) is 8.42 Å². The van der Waals surface area contributed by atoms with E-state index in [0.29, 0.717) is 18.9 Å². The van der Waals surface area contributed by atoms with Crippen LogP contribution < -0.4 is 0 Å². The zero-order valence-corrected chi connectivity index (χ0v) is 10.8. The van der Waals surface area contributed by atoms with Crippen LogP contribution in [-0.4, -0.2) is 35.8 Å². The summed E-state index contributed by atoms with van der Waals surface area (Å²) in [5, 5.41) is 0.183. The van der Waals surface area contributed by atoms with E-state index in [-0.39, 0.29) is 5.03 Å². The average Bonchev–Trinajstić information content (AvgIpc) is 2.66. The molecule has 16 heavy (non-hydrogen) atoms. The molecule has 0 amide bonds. The lowest BCUT2D eigenvalue weighted by Gasteiger charge is -2.18. The molecular formula is C10H19N3O2S. The van der Waals surface area contributed by atoms with Crippen molar-refractivity contribution in [3.63, 3.8) is 0 Å². The van der Waals surface area contributed by atoms with Crippen LogP contribution in [0.15, 0.2) is 11.2 Å². The summed E-state index contributed by atoms with van der Waals surface area (Å²) < 4.78 is 25.8. The summed E-state index contributed by atoms with van der Waals surface area (Å²) in [4.78, 5) is 6.69. The van der Waals surface area contributed by atoms with Crippen LogP contribution in [0.3, 0.4) is 0 Å². The number of aryl methyl sites for hydroxylation is 1. The highest BCUT2D eigenvalue weighted by atomic mass is 32.2. The van der Waals surface area contributed by atoms with E-state index in [1.54, 1.807) is 6.92 Å². The molecule has 0 aliphatic carbocycles. The van der Waals surface area contributed by atoms with Gasteiger partial charge in [-0.15, -0.1) is 0 Å². The van der Waals surface area contributed by atoms with Gasteiger partial charge in [0, 0.05) is 13.1 Å². The van der Waals surface area contributed by atoms with E-state index >= 15 is 0 Å². The Bertz CT molecular complexity index is 425. The Hall–Kier alpha value is -0.880. The lowest BCUT2D eigenvalue weighted by atomic mass is 10.3. The van der Waals surface area contributed by atoms with E-state index < -0.39 is 10.0 Å². The number of rotatable bonds is 6. The number of nitrogens with zero attached hydrogens (tertiary/aromatic N) is 2. The number of nitrogens with one attached hydrogen (secondary N) is 1. The monoisotopic (exact) mass is 245 g/mol. The van der Waals surface area contributed by atoms with Crippen LogP contribution in [0.5, 0.6) is 0 Å². The molecule has 1 rings (SSSR count). The molecule has 5 nitrogen and oxygen atoms in total. The zero-order chi connectivity index (χ0) is 12.2. The molecule has 0 saturated heterocycles. The van der Waals surface area contributed by atoms with Gasteiger partial charge < -0.3 is 4.98 Å². The minimum Gasteiger partial charge on any atom is -0.332 e. The second-order valence-electron chi connectivity index (χ2n) is 3.68. The Balaban J connectivity index is 2.90. The molecule has 0 saturated carbocycles. The minimum atomic E-state index is -3.39. The van der Waals surface area contributed by atoms with Crippen LogP contribution in [0.2, 0.25) is 0 Å². The highest BCUT2D eigenvalue weighted by Crippen LogP contribution is 2.13. The Morgan fingerprint density at radius 2 is 2.12 bits per heavy atom. The molecule has 0 bridgehead atoms. The van der Waals surface area contributed by atoms with Crippen molar-refractivity contribution in [3.05, 3.63) is 12.0 Å². The van der Waals surface area contributed by atoms with Crippen LogP contribution in [-0.2, 0) is 10.0 Å². The van der Waals surface area contributed by atoms with Crippen LogP contribution in [0, 0.1) is 6.92 Å². The van der Waals surface area contributed by atoms with E-state index in [1.165, 1.54) is 10.5 Å². The van der Waals surface area contributed by atoms with Gasteiger partial charge >= 0.3 is 0 Å². The first-order chi connectivity index (χ1) is 7.52. The van der Waals surface area contributed by atoms with Crippen molar-refractivity contribution in [2.24, 2.45) is 0 Å². The third-order valence-electron chi connectivity index (χ3n) is 2.41. The van der Waals surface area contributed by atoms with Crippen LogP contribution in [0.4, 0.5) is 0 Å². The number of H-pyrrole nitrogens is 1. The van der Waals surface area contributed by atoms with Crippen molar-refractivity contribution in [2.45, 2.75) is 38.6 Å². The molecule has 0 atom stereocenters. The Morgan fingerprint density at radius 3 is 2.56 bits per heavy atom. The molecule has 1 heterocycles. The standard InChI is InChI=1S/C10H19N3O2S/c1-4-6-7-13(5-2)16(14,15)10-8-11-9(3)12-10/h8H,4-7H2,1-3H3,(H,11,12). The quantitative estimate of drug-likeness (QED) is 0.826. The molecule has 1 N–H and O–H groups in total. The number of hydrogen-bond acceptors (Lipinski definition) is 3. The first kappa shape index (κ1) is 13.2.